The van der Waals surface area contributed by atoms with Crippen LogP contribution in [0.2, 0.25) is 0 Å². The maximum Gasteiger partial charge on any atom is 0.123 e. The first-order valence-corrected chi connectivity index (χ1v) is 13.9. The van der Waals surface area contributed by atoms with Crippen molar-refractivity contribution in [3.63, 3.8) is 0 Å². The molecule has 0 spiro atoms. The fourth-order valence-electron chi connectivity index (χ4n) is 2.78. The molecule has 0 bridgehead atoms. The van der Waals surface area contributed by atoms with Gasteiger partial charge in [-0.1, -0.05) is 88.0 Å². The predicted octanol–water partition coefficient (Wildman–Crippen LogP) is 8.28. The highest BCUT2D eigenvalue weighted by atomic mass is 79.9. The lowest BCUT2D eigenvalue weighted by Gasteiger charge is -2.12. The van der Waals surface area contributed by atoms with E-state index < -0.39 is 0 Å². The summed E-state index contributed by atoms with van der Waals surface area (Å²) in [7, 11) is 0. The highest BCUT2D eigenvalue weighted by Gasteiger charge is 2.06. The maximum atomic E-state index is 6.01. The van der Waals surface area contributed by atoms with Gasteiger partial charge in [0.2, 0.25) is 0 Å². The number of ether oxygens (including phenoxy) is 2. The van der Waals surface area contributed by atoms with Crippen molar-refractivity contribution in [3.8, 4) is 11.5 Å². The highest BCUT2D eigenvalue weighted by Crippen LogP contribution is 2.25. The van der Waals surface area contributed by atoms with E-state index in [1.54, 1.807) is 0 Å². The summed E-state index contributed by atoms with van der Waals surface area (Å²) >= 11 is 14.1. The topological polar surface area (TPSA) is 18.5 Å². The largest absolute Gasteiger partial charge is 0.493 e. The van der Waals surface area contributed by atoms with Crippen molar-refractivity contribution in [2.45, 2.75) is 47.0 Å². The smallest absolute Gasteiger partial charge is 0.123 e. The summed E-state index contributed by atoms with van der Waals surface area (Å²) < 4.78 is 12.0. The van der Waals surface area contributed by atoms with Crippen LogP contribution in [0.25, 0.3) is 0 Å². The van der Waals surface area contributed by atoms with Gasteiger partial charge in [-0.15, -0.1) is 0 Å². The molecule has 2 rings (SSSR count). The monoisotopic (exact) mass is 638 g/mol. The molecular weight excluding hydrogens is 616 g/mol. The van der Waals surface area contributed by atoms with Crippen LogP contribution in [0.5, 0.6) is 11.5 Å². The first-order chi connectivity index (χ1) is 13.7. The summed E-state index contributed by atoms with van der Waals surface area (Å²) in [6, 6.07) is 12.8. The van der Waals surface area contributed by atoms with Gasteiger partial charge in [0.1, 0.15) is 11.5 Å². The molecule has 2 aromatic rings. The second-order valence-electron chi connectivity index (χ2n) is 6.53. The Balaban J connectivity index is 1.65. The lowest BCUT2D eigenvalue weighted by atomic mass is 10.1. The van der Waals surface area contributed by atoms with Crippen LogP contribution in [0.1, 0.15) is 47.9 Å². The van der Waals surface area contributed by atoms with Gasteiger partial charge < -0.3 is 9.47 Å². The van der Waals surface area contributed by atoms with Crippen LogP contribution in [0, 0.1) is 0 Å². The molecule has 0 aliphatic carbocycles. The van der Waals surface area contributed by atoms with E-state index in [4.69, 9.17) is 9.47 Å². The van der Waals surface area contributed by atoms with E-state index in [-0.39, 0.29) is 0 Å². The fourth-order valence-corrected chi connectivity index (χ4v) is 4.40. The van der Waals surface area contributed by atoms with Crippen LogP contribution in [-0.2, 0) is 21.3 Å². The van der Waals surface area contributed by atoms with Gasteiger partial charge in [0.25, 0.3) is 0 Å². The molecule has 0 aliphatic heterocycles. The lowest BCUT2D eigenvalue weighted by Crippen LogP contribution is -2.02. The van der Waals surface area contributed by atoms with Crippen molar-refractivity contribution in [1.29, 1.82) is 0 Å². The first kappa shape index (κ1) is 24.2. The molecule has 154 valence electrons. The average Bonchev–Trinajstić information content (AvgIpc) is 2.75. The molecule has 0 aromatic heterocycles. The minimum absolute atomic E-state index is 0.758. The van der Waals surface area contributed by atoms with Gasteiger partial charge in [-0.2, -0.15) is 0 Å². The zero-order valence-corrected chi connectivity index (χ0v) is 22.2. The van der Waals surface area contributed by atoms with Crippen molar-refractivity contribution in [1.82, 2.24) is 0 Å². The third-order valence-electron chi connectivity index (χ3n) is 4.41. The summed E-state index contributed by atoms with van der Waals surface area (Å²) in [6.07, 6.45) is 4.42. The molecule has 6 heteroatoms. The standard InChI is InChI=1S/C22H26Br4O2/c23-13-17-5-7-19(15-25)21(11-17)27-9-3-1-2-4-10-28-22-12-18(14-24)6-8-20(22)16-26/h5-8,11-12H,1-4,9-10,13-16H2. The second kappa shape index (κ2) is 14.1. The highest BCUT2D eigenvalue weighted by molar-refractivity contribution is 9.09. The van der Waals surface area contributed by atoms with E-state index in [1.165, 1.54) is 22.3 Å². The molecule has 2 aromatic carbocycles. The third kappa shape index (κ3) is 8.00. The van der Waals surface area contributed by atoms with Crippen molar-refractivity contribution < 1.29 is 9.47 Å². The van der Waals surface area contributed by atoms with Crippen LogP contribution in [0.15, 0.2) is 36.4 Å². The summed E-state index contributed by atoms with van der Waals surface area (Å²) in [5, 5.41) is 3.33. The Bertz CT molecular complexity index is 660. The van der Waals surface area contributed by atoms with Crippen molar-refractivity contribution in [2.24, 2.45) is 0 Å². The summed E-state index contributed by atoms with van der Waals surface area (Å²) in [6.45, 7) is 1.52. The molecule has 0 heterocycles. The van der Waals surface area contributed by atoms with Crippen LogP contribution in [0.3, 0.4) is 0 Å². The Hall–Kier alpha value is -0.0400. The van der Waals surface area contributed by atoms with Crippen molar-refractivity contribution in [3.05, 3.63) is 58.7 Å². The number of hydrogen-bond acceptors (Lipinski definition) is 2. The molecule has 0 fully saturated rings. The molecule has 0 unspecified atom stereocenters. The van der Waals surface area contributed by atoms with E-state index >= 15 is 0 Å². The quantitative estimate of drug-likeness (QED) is 0.162. The average molecular weight is 642 g/mol. The van der Waals surface area contributed by atoms with Gasteiger partial charge in [-0.05, 0) is 48.9 Å². The first-order valence-electron chi connectivity index (χ1n) is 9.44. The third-order valence-corrected chi connectivity index (χ3v) is 6.92. The van der Waals surface area contributed by atoms with E-state index in [0.29, 0.717) is 0 Å². The zero-order chi connectivity index (χ0) is 20.2. The van der Waals surface area contributed by atoms with Crippen molar-refractivity contribution >= 4 is 63.7 Å². The van der Waals surface area contributed by atoms with Crippen LogP contribution in [-0.4, -0.2) is 13.2 Å². The Morgan fingerprint density at radius 1 is 0.536 bits per heavy atom. The van der Waals surface area contributed by atoms with Gasteiger partial charge in [0.15, 0.2) is 0 Å². The zero-order valence-electron chi connectivity index (χ0n) is 15.9. The van der Waals surface area contributed by atoms with Crippen LogP contribution in [0.4, 0.5) is 0 Å². The number of hydrogen-bond donors (Lipinski definition) is 0. The lowest BCUT2D eigenvalue weighted by molar-refractivity contribution is 0.285. The number of alkyl halides is 4. The molecule has 28 heavy (non-hydrogen) atoms. The minimum atomic E-state index is 0.758. The van der Waals surface area contributed by atoms with E-state index in [0.717, 1.165) is 71.7 Å². The Morgan fingerprint density at radius 3 is 1.32 bits per heavy atom. The normalized spacial score (nSPS) is 10.9. The minimum Gasteiger partial charge on any atom is -0.493 e. The molecule has 0 saturated carbocycles. The van der Waals surface area contributed by atoms with Gasteiger partial charge >= 0.3 is 0 Å². The van der Waals surface area contributed by atoms with Gasteiger partial charge in [0, 0.05) is 32.4 Å². The number of benzene rings is 2. The predicted molar refractivity (Wildman–Crippen MR) is 133 cm³/mol. The van der Waals surface area contributed by atoms with Gasteiger partial charge in [-0.3, -0.25) is 0 Å². The van der Waals surface area contributed by atoms with Gasteiger partial charge in [0.05, 0.1) is 13.2 Å². The maximum absolute atomic E-state index is 6.01. The Kier molecular flexibility index (Phi) is 12.2. The van der Waals surface area contributed by atoms with E-state index in [9.17, 15) is 0 Å². The van der Waals surface area contributed by atoms with E-state index in [2.05, 4.69) is 100 Å². The molecule has 0 N–H and O–H groups in total. The molecule has 0 atom stereocenters. The fraction of sp³-hybridized carbons (Fsp3) is 0.455. The summed E-state index contributed by atoms with van der Waals surface area (Å²) in [4.78, 5) is 0. The molecule has 0 aliphatic rings. The second-order valence-corrected chi connectivity index (χ2v) is 8.77. The molecular formula is C22H26Br4O2. The number of rotatable bonds is 13. The molecule has 0 saturated heterocycles. The summed E-state index contributed by atoms with van der Waals surface area (Å²) in [5.41, 5.74) is 4.88. The molecule has 0 amide bonds. The number of unbranched alkanes of at least 4 members (excludes halogenated alkanes) is 3. The van der Waals surface area contributed by atoms with Crippen LogP contribution < -0.4 is 9.47 Å². The van der Waals surface area contributed by atoms with Gasteiger partial charge in [-0.25, -0.2) is 0 Å². The SMILES string of the molecule is BrCc1ccc(CBr)c(OCCCCCCOc2cc(CBr)ccc2CBr)c1. The van der Waals surface area contributed by atoms with Crippen LogP contribution >= 0.6 is 63.7 Å². The summed E-state index contributed by atoms with van der Waals surface area (Å²) in [5.74, 6) is 1.98. The molecule has 2 nitrogen and oxygen atoms in total. The van der Waals surface area contributed by atoms with Crippen molar-refractivity contribution in [2.75, 3.05) is 13.2 Å². The molecule has 0 radical (unpaired) electrons. The number of halogens is 4. The van der Waals surface area contributed by atoms with E-state index in [1.807, 2.05) is 0 Å². The Labute approximate surface area is 202 Å². The Morgan fingerprint density at radius 2 is 0.964 bits per heavy atom.